The van der Waals surface area contributed by atoms with Gasteiger partial charge in [-0.2, -0.15) is 5.10 Å². The predicted molar refractivity (Wildman–Crippen MR) is 133 cm³/mol. The molecule has 0 fully saturated rings. The monoisotopic (exact) mass is 443 g/mol. The summed E-state index contributed by atoms with van der Waals surface area (Å²) < 4.78 is 2.60. The van der Waals surface area contributed by atoms with Gasteiger partial charge in [0.15, 0.2) is 0 Å². The zero-order chi connectivity index (χ0) is 22.8. The fourth-order valence-corrected chi connectivity index (χ4v) is 5.33. The topological polar surface area (TPSA) is 84.5 Å². The van der Waals surface area contributed by atoms with Gasteiger partial charge in [0, 0.05) is 40.8 Å². The number of nitro groups is 1. The van der Waals surface area contributed by atoms with Crippen LogP contribution >= 0.6 is 0 Å². The molecule has 7 heteroatoms. The molecule has 1 aromatic heterocycles. The van der Waals surface area contributed by atoms with Crippen molar-refractivity contribution in [1.82, 2.24) is 9.88 Å². The predicted octanol–water partition coefficient (Wildman–Crippen LogP) is 5.90. The molecule has 0 radical (unpaired) electrons. The first-order valence-electron chi connectivity index (χ1n) is 11.7. The van der Waals surface area contributed by atoms with Crippen LogP contribution in [-0.4, -0.2) is 21.7 Å². The van der Waals surface area contributed by atoms with E-state index < -0.39 is 4.92 Å². The molecule has 0 spiro atoms. The molecule has 2 aromatic carbocycles. The Kier molecular flexibility index (Phi) is 5.96. The number of fused-ring (bicyclic) bond motifs is 3. The summed E-state index contributed by atoms with van der Waals surface area (Å²) in [7, 11) is 0. The summed E-state index contributed by atoms with van der Waals surface area (Å²) in [4.78, 5) is 10.5. The molecule has 0 amide bonds. The minimum atomic E-state index is -0.397. The molecule has 170 valence electrons. The maximum Gasteiger partial charge on any atom is 0.269 e. The van der Waals surface area contributed by atoms with Gasteiger partial charge in [0.2, 0.25) is 0 Å². The van der Waals surface area contributed by atoms with E-state index in [9.17, 15) is 10.1 Å². The highest BCUT2D eigenvalue weighted by molar-refractivity contribution is 5.95. The van der Waals surface area contributed by atoms with Gasteiger partial charge in [-0.05, 0) is 75.4 Å². The number of hydrazone groups is 1. The molecule has 2 atom stereocenters. The number of aromatic nitrogens is 1. The van der Waals surface area contributed by atoms with Crippen LogP contribution in [0.3, 0.4) is 0 Å². The molecule has 0 saturated heterocycles. The van der Waals surface area contributed by atoms with E-state index in [-0.39, 0.29) is 5.69 Å². The maximum absolute atomic E-state index is 10.9. The molecule has 33 heavy (non-hydrogen) atoms. The van der Waals surface area contributed by atoms with Gasteiger partial charge in [-0.25, -0.2) is 0 Å². The number of nitro benzene ring substituents is 1. The number of para-hydroxylation sites is 1. The van der Waals surface area contributed by atoms with Crippen molar-refractivity contribution in [3.63, 3.8) is 0 Å². The van der Waals surface area contributed by atoms with Crippen LogP contribution in [0.2, 0.25) is 0 Å². The van der Waals surface area contributed by atoms with Crippen LogP contribution in [0.4, 0.5) is 11.4 Å². The van der Waals surface area contributed by atoms with Crippen molar-refractivity contribution in [2.75, 3.05) is 12.0 Å². The third kappa shape index (κ3) is 4.16. The van der Waals surface area contributed by atoms with Gasteiger partial charge in [-0.3, -0.25) is 15.5 Å². The van der Waals surface area contributed by atoms with Crippen molar-refractivity contribution in [1.29, 1.82) is 0 Å². The van der Waals surface area contributed by atoms with Crippen molar-refractivity contribution in [2.24, 2.45) is 5.10 Å². The molecule has 2 N–H and O–H groups in total. The molecule has 0 unspecified atom stereocenters. The lowest BCUT2D eigenvalue weighted by Gasteiger charge is -2.36. The Morgan fingerprint density at radius 3 is 2.85 bits per heavy atom. The first-order chi connectivity index (χ1) is 16.2. The highest BCUT2D eigenvalue weighted by Crippen LogP contribution is 2.43. The van der Waals surface area contributed by atoms with E-state index in [0.29, 0.717) is 12.1 Å². The van der Waals surface area contributed by atoms with Gasteiger partial charge in [-0.1, -0.05) is 24.3 Å². The second kappa shape index (κ2) is 9.19. The Morgan fingerprint density at radius 1 is 1.24 bits per heavy atom. The van der Waals surface area contributed by atoms with E-state index in [1.807, 2.05) is 19.1 Å². The Hall–Kier alpha value is -3.45. The van der Waals surface area contributed by atoms with Crippen LogP contribution in [0.5, 0.6) is 0 Å². The van der Waals surface area contributed by atoms with Crippen molar-refractivity contribution in [3.05, 3.63) is 82.1 Å². The van der Waals surface area contributed by atoms with E-state index in [1.54, 1.807) is 12.1 Å². The van der Waals surface area contributed by atoms with E-state index in [1.165, 1.54) is 40.7 Å². The summed E-state index contributed by atoms with van der Waals surface area (Å²) >= 11 is 0. The van der Waals surface area contributed by atoms with Crippen molar-refractivity contribution >= 4 is 28.0 Å². The summed E-state index contributed by atoms with van der Waals surface area (Å²) in [6.45, 7) is 3.05. The second-order valence-electron chi connectivity index (χ2n) is 8.80. The van der Waals surface area contributed by atoms with E-state index in [2.05, 4.69) is 44.7 Å². The fourth-order valence-electron chi connectivity index (χ4n) is 5.33. The Morgan fingerprint density at radius 2 is 2.06 bits per heavy atom. The van der Waals surface area contributed by atoms with Crippen LogP contribution in [-0.2, 0) is 6.42 Å². The Bertz CT molecular complexity index is 1230. The van der Waals surface area contributed by atoms with E-state index in [4.69, 9.17) is 0 Å². The number of hydrogen-bond acceptors (Lipinski definition) is 5. The number of hydrogen-bond donors (Lipinski definition) is 2. The minimum absolute atomic E-state index is 0.0746. The van der Waals surface area contributed by atoms with Gasteiger partial charge < -0.3 is 9.88 Å². The SMILES string of the molecule is C/C=C\C(CC[C@@H]1CC[C@@H]2NCCc3c2n1c1ccccc31)=N/Nc1ccc([N+](=O)[O-])cc1. The lowest BCUT2D eigenvalue weighted by Crippen LogP contribution is -2.35. The lowest BCUT2D eigenvalue weighted by atomic mass is 9.90. The van der Waals surface area contributed by atoms with Crippen molar-refractivity contribution in [3.8, 4) is 0 Å². The standard InChI is InChI=1S/C26H29N5O2/c1-2-5-18(28-29-19-9-12-21(13-10-19)31(32)33)8-11-20-14-15-24-26-23(16-17-27-24)22-6-3-4-7-25(22)30(20)26/h2-7,9-10,12-13,20,24,27,29H,8,11,14-17H2,1H3/b5-2-,28-18+/t20-,24+/m1/s1. The first-order valence-corrected chi connectivity index (χ1v) is 11.7. The minimum Gasteiger partial charge on any atom is -0.340 e. The molecular formula is C26H29N5O2. The van der Waals surface area contributed by atoms with E-state index in [0.717, 1.165) is 43.6 Å². The number of nitrogens with one attached hydrogen (secondary N) is 2. The fraction of sp³-hybridized carbons (Fsp3) is 0.346. The van der Waals surface area contributed by atoms with Gasteiger partial charge in [0.25, 0.3) is 5.69 Å². The third-order valence-electron chi connectivity index (χ3n) is 6.81. The maximum atomic E-state index is 10.9. The van der Waals surface area contributed by atoms with Gasteiger partial charge in [0.05, 0.1) is 16.3 Å². The largest absolute Gasteiger partial charge is 0.340 e. The highest BCUT2D eigenvalue weighted by Gasteiger charge is 2.33. The summed E-state index contributed by atoms with van der Waals surface area (Å²) in [6, 6.07) is 16.1. The number of rotatable bonds is 7. The molecular weight excluding hydrogens is 414 g/mol. The normalized spacial score (nSPS) is 20.2. The zero-order valence-corrected chi connectivity index (χ0v) is 18.8. The number of anilines is 1. The quantitative estimate of drug-likeness (QED) is 0.271. The lowest BCUT2D eigenvalue weighted by molar-refractivity contribution is -0.384. The third-order valence-corrected chi connectivity index (χ3v) is 6.81. The highest BCUT2D eigenvalue weighted by atomic mass is 16.6. The van der Waals surface area contributed by atoms with Crippen LogP contribution in [0.1, 0.15) is 55.9 Å². The van der Waals surface area contributed by atoms with Gasteiger partial charge in [-0.15, -0.1) is 0 Å². The molecule has 0 saturated carbocycles. The average molecular weight is 444 g/mol. The molecule has 2 aliphatic heterocycles. The van der Waals surface area contributed by atoms with Crippen molar-refractivity contribution in [2.45, 2.75) is 51.1 Å². The molecule has 7 nitrogen and oxygen atoms in total. The Labute approximate surface area is 193 Å². The summed E-state index contributed by atoms with van der Waals surface area (Å²) in [5.41, 5.74) is 9.22. The number of benzene rings is 2. The average Bonchev–Trinajstić information content (AvgIpc) is 3.18. The summed E-state index contributed by atoms with van der Waals surface area (Å²) in [5, 5.41) is 20.6. The number of allylic oxidation sites excluding steroid dienone is 2. The molecule has 2 aliphatic rings. The zero-order valence-electron chi connectivity index (χ0n) is 18.8. The molecule has 5 rings (SSSR count). The first kappa shape index (κ1) is 21.4. The van der Waals surface area contributed by atoms with Gasteiger partial charge >= 0.3 is 0 Å². The van der Waals surface area contributed by atoms with Crippen molar-refractivity contribution < 1.29 is 4.92 Å². The summed E-state index contributed by atoms with van der Waals surface area (Å²) in [5.74, 6) is 0. The molecule has 3 aromatic rings. The second-order valence-corrected chi connectivity index (χ2v) is 8.80. The Balaban J connectivity index is 1.36. The smallest absolute Gasteiger partial charge is 0.269 e. The van der Waals surface area contributed by atoms with E-state index >= 15 is 0 Å². The van der Waals surface area contributed by atoms with Gasteiger partial charge in [0.1, 0.15) is 0 Å². The van der Waals surface area contributed by atoms with Crippen LogP contribution in [0.15, 0.2) is 65.8 Å². The van der Waals surface area contributed by atoms with Crippen LogP contribution in [0, 0.1) is 10.1 Å². The molecule has 0 aliphatic carbocycles. The van der Waals surface area contributed by atoms with Crippen LogP contribution < -0.4 is 10.7 Å². The summed E-state index contributed by atoms with van der Waals surface area (Å²) in [6.07, 6.45) is 9.33. The van der Waals surface area contributed by atoms with Crippen LogP contribution in [0.25, 0.3) is 10.9 Å². The number of nitrogens with zero attached hydrogens (tertiary/aromatic N) is 3. The number of non-ortho nitro benzene ring substituents is 1. The molecule has 0 bridgehead atoms. The molecule has 3 heterocycles.